The molecule has 0 aliphatic carbocycles. The van der Waals surface area contributed by atoms with Crippen molar-refractivity contribution in [1.29, 1.82) is 0 Å². The molecule has 0 aliphatic rings. The largest absolute Gasteiger partial charge is 0.481 e. The molecule has 6 heteroatoms. The zero-order valence-corrected chi connectivity index (χ0v) is 12.5. The van der Waals surface area contributed by atoms with Gasteiger partial charge in [0.05, 0.1) is 5.41 Å². The fraction of sp³-hybridized carbons (Fsp3) is 0.769. The van der Waals surface area contributed by atoms with Gasteiger partial charge in [0.15, 0.2) is 0 Å². The average molecular weight is 272 g/mol. The van der Waals surface area contributed by atoms with Crippen molar-refractivity contribution in [2.75, 3.05) is 13.6 Å². The van der Waals surface area contributed by atoms with Crippen molar-refractivity contribution in [3.63, 3.8) is 0 Å². The van der Waals surface area contributed by atoms with Gasteiger partial charge >= 0.3 is 12.0 Å². The zero-order chi connectivity index (χ0) is 15.4. The van der Waals surface area contributed by atoms with Gasteiger partial charge in [-0.3, -0.25) is 14.9 Å². The number of carboxylic acid groups (broad SMARTS) is 1. The van der Waals surface area contributed by atoms with Gasteiger partial charge in [-0.2, -0.15) is 0 Å². The predicted octanol–water partition coefficient (Wildman–Crippen LogP) is 1.70. The SMILES string of the molecule is CN(CC(C)(C)C)C(=O)NC(=O)CC(C)(C)C(=O)O. The van der Waals surface area contributed by atoms with E-state index in [0.29, 0.717) is 6.54 Å². The number of imide groups is 1. The Bertz CT molecular complexity index is 369. The van der Waals surface area contributed by atoms with Crippen LogP contribution in [0.2, 0.25) is 0 Å². The molecule has 19 heavy (non-hydrogen) atoms. The molecule has 0 radical (unpaired) electrons. The van der Waals surface area contributed by atoms with Crippen LogP contribution in [0.5, 0.6) is 0 Å². The van der Waals surface area contributed by atoms with E-state index in [1.54, 1.807) is 7.05 Å². The Morgan fingerprint density at radius 2 is 1.58 bits per heavy atom. The normalized spacial score (nSPS) is 11.9. The van der Waals surface area contributed by atoms with Gasteiger partial charge < -0.3 is 10.0 Å². The first-order valence-corrected chi connectivity index (χ1v) is 6.13. The number of carbonyl (C=O) groups excluding carboxylic acids is 2. The number of rotatable bonds is 4. The first kappa shape index (κ1) is 17.4. The maximum Gasteiger partial charge on any atom is 0.323 e. The van der Waals surface area contributed by atoms with Crippen LogP contribution in [-0.2, 0) is 9.59 Å². The summed E-state index contributed by atoms with van der Waals surface area (Å²) < 4.78 is 0. The summed E-state index contributed by atoms with van der Waals surface area (Å²) in [4.78, 5) is 35.7. The molecule has 2 N–H and O–H groups in total. The fourth-order valence-corrected chi connectivity index (χ4v) is 1.52. The maximum atomic E-state index is 11.7. The van der Waals surface area contributed by atoms with E-state index in [9.17, 15) is 14.4 Å². The number of hydrogen-bond donors (Lipinski definition) is 2. The monoisotopic (exact) mass is 272 g/mol. The molecule has 0 fully saturated rings. The number of carboxylic acids is 1. The Hall–Kier alpha value is -1.59. The summed E-state index contributed by atoms with van der Waals surface area (Å²) in [6.45, 7) is 9.31. The first-order valence-electron chi connectivity index (χ1n) is 6.13. The second-order valence-corrected chi connectivity index (χ2v) is 6.64. The van der Waals surface area contributed by atoms with Crippen molar-refractivity contribution in [1.82, 2.24) is 10.2 Å². The molecule has 0 aliphatic heterocycles. The van der Waals surface area contributed by atoms with Crippen molar-refractivity contribution in [2.24, 2.45) is 10.8 Å². The molecule has 3 amide bonds. The Morgan fingerprint density at radius 1 is 1.11 bits per heavy atom. The van der Waals surface area contributed by atoms with Gasteiger partial charge in [-0.15, -0.1) is 0 Å². The Balaban J connectivity index is 4.43. The van der Waals surface area contributed by atoms with E-state index < -0.39 is 23.3 Å². The molecule has 0 aromatic carbocycles. The van der Waals surface area contributed by atoms with Crippen molar-refractivity contribution >= 4 is 17.9 Å². The third-order valence-corrected chi connectivity index (χ3v) is 2.49. The minimum absolute atomic E-state index is 0.0739. The van der Waals surface area contributed by atoms with Gasteiger partial charge in [-0.05, 0) is 19.3 Å². The third kappa shape index (κ3) is 6.79. The molecule has 0 aromatic rings. The molecule has 0 bridgehead atoms. The van der Waals surface area contributed by atoms with Crippen molar-refractivity contribution in [3.05, 3.63) is 0 Å². The summed E-state index contributed by atoms with van der Waals surface area (Å²) in [5.74, 6) is -1.66. The second-order valence-electron chi connectivity index (χ2n) is 6.64. The lowest BCUT2D eigenvalue weighted by Crippen LogP contribution is -2.45. The summed E-state index contributed by atoms with van der Waals surface area (Å²) in [7, 11) is 1.59. The minimum Gasteiger partial charge on any atom is -0.481 e. The maximum absolute atomic E-state index is 11.7. The summed E-state index contributed by atoms with van der Waals surface area (Å²) >= 11 is 0. The highest BCUT2D eigenvalue weighted by molar-refractivity contribution is 5.96. The van der Waals surface area contributed by atoms with Crippen LogP contribution in [0.1, 0.15) is 41.0 Å². The molecule has 0 spiro atoms. The molecule has 0 atom stereocenters. The lowest BCUT2D eigenvalue weighted by molar-refractivity contribution is -0.149. The Kier molecular flexibility index (Phi) is 5.53. The Labute approximate surface area is 114 Å². The van der Waals surface area contributed by atoms with Crippen LogP contribution in [0.4, 0.5) is 4.79 Å². The Morgan fingerprint density at radius 3 is 1.95 bits per heavy atom. The summed E-state index contributed by atoms with van der Waals surface area (Å²) in [6, 6.07) is -0.513. The van der Waals surface area contributed by atoms with Gasteiger partial charge in [0.1, 0.15) is 0 Å². The van der Waals surface area contributed by atoms with Crippen LogP contribution < -0.4 is 5.32 Å². The van der Waals surface area contributed by atoms with Gasteiger partial charge in [-0.25, -0.2) is 4.79 Å². The molecule has 0 unspecified atom stereocenters. The number of carbonyl (C=O) groups is 3. The topological polar surface area (TPSA) is 86.7 Å². The van der Waals surface area contributed by atoms with E-state index in [1.807, 2.05) is 20.8 Å². The van der Waals surface area contributed by atoms with E-state index in [-0.39, 0.29) is 11.8 Å². The summed E-state index contributed by atoms with van der Waals surface area (Å²) in [5.41, 5.74) is -1.26. The lowest BCUT2D eigenvalue weighted by atomic mass is 9.89. The van der Waals surface area contributed by atoms with Gasteiger partial charge in [-0.1, -0.05) is 20.8 Å². The van der Waals surface area contributed by atoms with Crippen LogP contribution in [0.25, 0.3) is 0 Å². The van der Waals surface area contributed by atoms with Crippen molar-refractivity contribution in [3.8, 4) is 0 Å². The summed E-state index contributed by atoms with van der Waals surface area (Å²) in [6.07, 6.45) is -0.239. The second kappa shape index (κ2) is 6.04. The van der Waals surface area contributed by atoms with Crippen molar-refractivity contribution < 1.29 is 19.5 Å². The van der Waals surface area contributed by atoms with E-state index in [2.05, 4.69) is 5.32 Å². The van der Waals surface area contributed by atoms with Crippen LogP contribution in [-0.4, -0.2) is 41.5 Å². The highest BCUT2D eigenvalue weighted by atomic mass is 16.4. The van der Waals surface area contributed by atoms with E-state index in [1.165, 1.54) is 18.7 Å². The van der Waals surface area contributed by atoms with E-state index in [0.717, 1.165) is 0 Å². The predicted molar refractivity (Wildman–Crippen MR) is 71.7 cm³/mol. The van der Waals surface area contributed by atoms with Crippen LogP contribution in [0.15, 0.2) is 0 Å². The molecular weight excluding hydrogens is 248 g/mol. The molecule has 0 rings (SSSR count). The van der Waals surface area contributed by atoms with Gasteiger partial charge in [0.25, 0.3) is 0 Å². The summed E-state index contributed by atoms with van der Waals surface area (Å²) in [5, 5.41) is 11.1. The quantitative estimate of drug-likeness (QED) is 0.815. The van der Waals surface area contributed by atoms with E-state index >= 15 is 0 Å². The molecule has 110 valence electrons. The van der Waals surface area contributed by atoms with Crippen LogP contribution >= 0.6 is 0 Å². The molecular formula is C13H24N2O4. The number of nitrogens with zero attached hydrogens (tertiary/aromatic N) is 1. The van der Waals surface area contributed by atoms with Gasteiger partial charge in [0.2, 0.25) is 5.91 Å². The molecule has 0 saturated heterocycles. The van der Waals surface area contributed by atoms with E-state index in [4.69, 9.17) is 5.11 Å². The molecule has 0 aromatic heterocycles. The van der Waals surface area contributed by atoms with Crippen LogP contribution in [0.3, 0.4) is 0 Å². The number of urea groups is 1. The number of aliphatic carboxylic acids is 1. The number of nitrogens with one attached hydrogen (secondary N) is 1. The zero-order valence-electron chi connectivity index (χ0n) is 12.5. The fourth-order valence-electron chi connectivity index (χ4n) is 1.52. The van der Waals surface area contributed by atoms with Gasteiger partial charge in [0, 0.05) is 20.0 Å². The number of hydrogen-bond acceptors (Lipinski definition) is 3. The highest BCUT2D eigenvalue weighted by Gasteiger charge is 2.31. The standard InChI is InChI=1S/C13H24N2O4/c1-12(2,3)8-15(6)11(19)14-9(16)7-13(4,5)10(17)18/h7-8H2,1-6H3,(H,17,18)(H,14,16,19). The average Bonchev–Trinajstić information content (AvgIpc) is 2.12. The molecule has 0 saturated carbocycles. The smallest absolute Gasteiger partial charge is 0.323 e. The number of amides is 3. The van der Waals surface area contributed by atoms with Crippen molar-refractivity contribution in [2.45, 2.75) is 41.0 Å². The molecule has 0 heterocycles. The van der Waals surface area contributed by atoms with Crippen LogP contribution in [0, 0.1) is 10.8 Å². The minimum atomic E-state index is -1.19. The lowest BCUT2D eigenvalue weighted by Gasteiger charge is -2.27. The first-order chi connectivity index (χ1) is 8.35. The molecule has 6 nitrogen and oxygen atoms in total. The third-order valence-electron chi connectivity index (χ3n) is 2.49. The highest BCUT2D eigenvalue weighted by Crippen LogP contribution is 2.20.